The van der Waals surface area contributed by atoms with Crippen LogP contribution in [0.15, 0.2) is 41.8 Å². The molecule has 8 nitrogen and oxygen atoms in total. The lowest BCUT2D eigenvalue weighted by Crippen LogP contribution is -2.42. The number of aromatic nitrogens is 1. The van der Waals surface area contributed by atoms with Gasteiger partial charge in [0, 0.05) is 6.20 Å². The number of fused-ring (bicyclic) bond motifs is 1. The number of rotatable bonds is 5. The van der Waals surface area contributed by atoms with Crippen LogP contribution in [0, 0.1) is 12.8 Å². The minimum Gasteiger partial charge on any atom is -0.493 e. The van der Waals surface area contributed by atoms with Crippen LogP contribution >= 0.6 is 0 Å². The fourth-order valence-electron chi connectivity index (χ4n) is 5.28. The molecule has 2 aliphatic heterocycles. The van der Waals surface area contributed by atoms with E-state index in [1.54, 1.807) is 24.4 Å². The van der Waals surface area contributed by atoms with Gasteiger partial charge in [-0.15, -0.1) is 0 Å². The van der Waals surface area contributed by atoms with Gasteiger partial charge in [-0.1, -0.05) is 0 Å². The number of carbonyl (C=O) groups excluding carboxylic acids is 2. The van der Waals surface area contributed by atoms with Crippen molar-refractivity contribution >= 4 is 17.5 Å². The smallest absolute Gasteiger partial charge is 0.295 e. The van der Waals surface area contributed by atoms with E-state index in [2.05, 4.69) is 4.98 Å². The predicted molar refractivity (Wildman–Crippen MR) is 124 cm³/mol. The number of pyridine rings is 1. The van der Waals surface area contributed by atoms with Gasteiger partial charge in [0.05, 0.1) is 38.9 Å². The normalized spacial score (nSPS) is 25.7. The topological polar surface area (TPSA) is 87.2 Å². The lowest BCUT2D eigenvalue weighted by Gasteiger charge is -2.36. The molecule has 1 aliphatic carbocycles. The van der Waals surface area contributed by atoms with Gasteiger partial charge in [-0.2, -0.15) is 0 Å². The zero-order valence-corrected chi connectivity index (χ0v) is 20.0. The van der Waals surface area contributed by atoms with Crippen LogP contribution in [0.25, 0.3) is 0 Å². The summed E-state index contributed by atoms with van der Waals surface area (Å²) >= 11 is 0. The molecule has 0 spiro atoms. The third-order valence-corrected chi connectivity index (χ3v) is 6.93. The highest BCUT2D eigenvalue weighted by Gasteiger charge is 2.54. The maximum Gasteiger partial charge on any atom is 0.295 e. The molecule has 3 aliphatic rings. The SMILES string of the molecule is COc1cc(C2C3=C(OC4CCC(F)CC4C3=O)C(=O)N2c2cc(C)ccn2)cc(OC)c1OC. The van der Waals surface area contributed by atoms with Crippen LogP contribution in [0.3, 0.4) is 0 Å². The van der Waals surface area contributed by atoms with E-state index in [1.165, 1.54) is 26.2 Å². The Balaban J connectivity index is 1.71. The summed E-state index contributed by atoms with van der Waals surface area (Å²) in [5.74, 6) is 0.179. The van der Waals surface area contributed by atoms with Gasteiger partial charge >= 0.3 is 0 Å². The van der Waals surface area contributed by atoms with E-state index in [0.29, 0.717) is 41.5 Å². The van der Waals surface area contributed by atoms with Crippen molar-refractivity contribution in [1.29, 1.82) is 0 Å². The fourth-order valence-corrected chi connectivity index (χ4v) is 5.28. The van der Waals surface area contributed by atoms with E-state index < -0.39 is 30.1 Å². The number of alkyl halides is 1. The van der Waals surface area contributed by atoms with Crippen molar-refractivity contribution < 1.29 is 32.9 Å². The molecule has 4 unspecified atom stereocenters. The van der Waals surface area contributed by atoms with Crippen molar-refractivity contribution in [2.45, 2.75) is 44.5 Å². The van der Waals surface area contributed by atoms with Crippen LogP contribution < -0.4 is 19.1 Å². The van der Waals surface area contributed by atoms with E-state index in [9.17, 15) is 14.0 Å². The first-order valence-electron chi connectivity index (χ1n) is 11.5. The number of ketones is 1. The van der Waals surface area contributed by atoms with E-state index in [1.807, 2.05) is 13.0 Å². The molecule has 1 aromatic heterocycles. The Bertz CT molecular complexity index is 1200. The molecule has 9 heteroatoms. The maximum atomic E-state index is 14.3. The van der Waals surface area contributed by atoms with Crippen LogP contribution in [0.1, 0.15) is 36.4 Å². The Kier molecular flexibility index (Phi) is 5.86. The van der Waals surface area contributed by atoms with E-state index in [4.69, 9.17) is 18.9 Å². The third-order valence-electron chi connectivity index (χ3n) is 6.93. The number of methoxy groups -OCH3 is 3. The second-order valence-corrected chi connectivity index (χ2v) is 9.01. The van der Waals surface area contributed by atoms with Crippen molar-refractivity contribution in [3.8, 4) is 17.2 Å². The molecule has 0 radical (unpaired) electrons. The summed E-state index contributed by atoms with van der Waals surface area (Å²) in [6, 6.07) is 6.15. The maximum absolute atomic E-state index is 14.3. The number of amides is 1. The quantitative estimate of drug-likeness (QED) is 0.640. The monoisotopic (exact) mass is 482 g/mol. The highest BCUT2D eigenvalue weighted by molar-refractivity contribution is 6.17. The van der Waals surface area contributed by atoms with E-state index in [0.717, 1.165) is 5.56 Å². The molecule has 0 bridgehead atoms. The minimum atomic E-state index is -1.07. The summed E-state index contributed by atoms with van der Waals surface area (Å²) in [4.78, 5) is 33.4. The average molecular weight is 483 g/mol. The Hall–Kier alpha value is -3.62. The van der Waals surface area contributed by atoms with E-state index in [-0.39, 0.29) is 23.5 Å². The molecule has 1 aromatic carbocycles. The minimum absolute atomic E-state index is 0.00983. The Morgan fingerprint density at radius 2 is 1.77 bits per heavy atom. The van der Waals surface area contributed by atoms with Gasteiger partial charge in [0.1, 0.15) is 18.1 Å². The number of carbonyl (C=O) groups is 2. The molecule has 1 fully saturated rings. The number of hydrogen-bond acceptors (Lipinski definition) is 7. The molecular weight excluding hydrogens is 455 g/mol. The fraction of sp³-hybridized carbons (Fsp3) is 0.423. The van der Waals surface area contributed by atoms with E-state index >= 15 is 0 Å². The summed E-state index contributed by atoms with van der Waals surface area (Å²) < 4.78 is 36.9. The summed E-state index contributed by atoms with van der Waals surface area (Å²) in [7, 11) is 4.49. The standard InChI is InChI=1S/C26H27FN2O6/c1-13-7-8-28-20(9-13)29-22(14-10-18(32-2)24(34-4)19(11-14)33-3)21-23(30)16-12-15(27)5-6-17(16)35-25(21)26(29)31/h7-11,15-17,22H,5-6,12H2,1-4H3. The number of nitrogens with zero attached hydrogens (tertiary/aromatic N) is 2. The summed E-state index contributed by atoms with van der Waals surface area (Å²) in [6.07, 6.45) is 0.807. The summed E-state index contributed by atoms with van der Waals surface area (Å²) in [6.45, 7) is 1.89. The highest BCUT2D eigenvalue weighted by atomic mass is 19.1. The van der Waals surface area contributed by atoms with Gasteiger partial charge in [-0.25, -0.2) is 9.37 Å². The molecule has 0 saturated heterocycles. The molecule has 0 N–H and O–H groups in total. The first-order chi connectivity index (χ1) is 16.9. The summed E-state index contributed by atoms with van der Waals surface area (Å²) in [5.41, 5.74) is 1.67. The van der Waals surface area contributed by atoms with Crippen molar-refractivity contribution in [2.75, 3.05) is 26.2 Å². The number of anilines is 1. The van der Waals surface area contributed by atoms with Crippen molar-refractivity contribution in [1.82, 2.24) is 4.98 Å². The van der Waals surface area contributed by atoms with Crippen LogP contribution in [-0.2, 0) is 14.3 Å². The van der Waals surface area contributed by atoms with Crippen LogP contribution in [0.4, 0.5) is 10.2 Å². The van der Waals surface area contributed by atoms with Gasteiger partial charge in [0.15, 0.2) is 23.0 Å². The Morgan fingerprint density at radius 3 is 2.40 bits per heavy atom. The number of halogens is 1. The molecule has 1 saturated carbocycles. The van der Waals surface area contributed by atoms with Crippen LogP contribution in [-0.4, -0.2) is 50.3 Å². The second-order valence-electron chi connectivity index (χ2n) is 9.01. The lowest BCUT2D eigenvalue weighted by molar-refractivity contribution is -0.133. The molecule has 4 atom stereocenters. The molecular formula is C26H27FN2O6. The van der Waals surface area contributed by atoms with Crippen molar-refractivity contribution in [3.05, 3.63) is 52.9 Å². The highest BCUT2D eigenvalue weighted by Crippen LogP contribution is 2.50. The predicted octanol–water partition coefficient (Wildman–Crippen LogP) is 3.86. The molecule has 35 heavy (non-hydrogen) atoms. The lowest BCUT2D eigenvalue weighted by atomic mass is 9.77. The first-order valence-corrected chi connectivity index (χ1v) is 11.5. The number of ether oxygens (including phenoxy) is 4. The Labute approximate surface area is 202 Å². The number of benzene rings is 1. The Morgan fingerprint density at radius 1 is 1.06 bits per heavy atom. The molecule has 2 aromatic rings. The summed E-state index contributed by atoms with van der Waals surface area (Å²) in [5, 5.41) is 0. The molecule has 184 valence electrons. The van der Waals surface area contributed by atoms with Crippen LogP contribution in [0.5, 0.6) is 17.2 Å². The first kappa shape index (κ1) is 23.1. The van der Waals surface area contributed by atoms with Gasteiger partial charge < -0.3 is 18.9 Å². The van der Waals surface area contributed by atoms with Gasteiger partial charge in [0.2, 0.25) is 5.75 Å². The van der Waals surface area contributed by atoms with Gasteiger partial charge in [-0.3, -0.25) is 14.5 Å². The molecule has 3 heterocycles. The third kappa shape index (κ3) is 3.69. The zero-order chi connectivity index (χ0) is 24.9. The zero-order valence-electron chi connectivity index (χ0n) is 20.0. The number of Topliss-reactive ketones (excluding diaryl/α,β-unsaturated/α-hetero) is 1. The average Bonchev–Trinajstić information content (AvgIpc) is 3.16. The van der Waals surface area contributed by atoms with Crippen LogP contribution in [0.2, 0.25) is 0 Å². The molecule has 5 rings (SSSR count). The number of aryl methyl sites for hydroxylation is 1. The molecule has 1 amide bonds. The number of hydrogen-bond donors (Lipinski definition) is 0. The van der Waals surface area contributed by atoms with Crippen molar-refractivity contribution in [3.63, 3.8) is 0 Å². The largest absolute Gasteiger partial charge is 0.493 e. The van der Waals surface area contributed by atoms with Crippen molar-refractivity contribution in [2.24, 2.45) is 5.92 Å². The van der Waals surface area contributed by atoms with Gasteiger partial charge in [0.25, 0.3) is 5.91 Å². The second kappa shape index (κ2) is 8.87. The van der Waals surface area contributed by atoms with Gasteiger partial charge in [-0.05, 0) is 61.6 Å².